The summed E-state index contributed by atoms with van der Waals surface area (Å²) >= 11 is 0. The lowest BCUT2D eigenvalue weighted by atomic mass is 9.88. The summed E-state index contributed by atoms with van der Waals surface area (Å²) in [6.07, 6.45) is 4.00. The highest BCUT2D eigenvalue weighted by Crippen LogP contribution is 2.41. The van der Waals surface area contributed by atoms with E-state index < -0.39 is 4.92 Å². The molecule has 0 heterocycles. The zero-order valence-corrected chi connectivity index (χ0v) is 9.81. The first-order valence-electron chi connectivity index (χ1n) is 5.68. The molecule has 0 aliphatic heterocycles. The zero-order chi connectivity index (χ0) is 12.5. The third-order valence-electron chi connectivity index (χ3n) is 3.43. The molecule has 1 aliphatic rings. The molecule has 1 fully saturated rings. The topological polar surface area (TPSA) is 78.4 Å². The maximum absolute atomic E-state index is 10.7. The van der Waals surface area contributed by atoms with Crippen LogP contribution in [-0.2, 0) is 5.54 Å². The minimum Gasteiger partial charge on any atom is -0.496 e. The zero-order valence-electron chi connectivity index (χ0n) is 9.81. The summed E-state index contributed by atoms with van der Waals surface area (Å²) in [5, 5.41) is 10.7. The largest absolute Gasteiger partial charge is 0.496 e. The van der Waals surface area contributed by atoms with Gasteiger partial charge in [0.25, 0.3) is 5.69 Å². The van der Waals surface area contributed by atoms with Gasteiger partial charge in [-0.1, -0.05) is 12.8 Å². The second-order valence-corrected chi connectivity index (χ2v) is 4.50. The molecule has 5 nitrogen and oxygen atoms in total. The van der Waals surface area contributed by atoms with E-state index in [2.05, 4.69) is 0 Å². The molecule has 0 bridgehead atoms. The number of methoxy groups -OCH3 is 1. The number of nitrogens with two attached hydrogens (primary N) is 1. The molecule has 0 spiro atoms. The van der Waals surface area contributed by atoms with Gasteiger partial charge in [0.1, 0.15) is 5.75 Å². The summed E-state index contributed by atoms with van der Waals surface area (Å²) in [4.78, 5) is 10.3. The fourth-order valence-electron chi connectivity index (χ4n) is 2.48. The summed E-state index contributed by atoms with van der Waals surface area (Å²) in [7, 11) is 1.51. The minimum atomic E-state index is -0.426. The number of nitrogens with zero attached hydrogens (tertiary/aromatic N) is 1. The molecule has 5 heteroatoms. The van der Waals surface area contributed by atoms with Crippen LogP contribution in [0.4, 0.5) is 5.69 Å². The summed E-state index contributed by atoms with van der Waals surface area (Å²) in [6.45, 7) is 0. The Morgan fingerprint density at radius 3 is 2.59 bits per heavy atom. The molecule has 0 saturated heterocycles. The van der Waals surface area contributed by atoms with Crippen LogP contribution in [0.5, 0.6) is 5.75 Å². The average Bonchev–Trinajstić information content (AvgIpc) is 2.76. The molecule has 2 N–H and O–H groups in total. The lowest BCUT2D eigenvalue weighted by Crippen LogP contribution is -2.33. The van der Waals surface area contributed by atoms with Crippen molar-refractivity contribution in [3.8, 4) is 5.75 Å². The summed E-state index contributed by atoms with van der Waals surface area (Å²) in [6, 6.07) is 4.66. The third-order valence-corrected chi connectivity index (χ3v) is 3.43. The number of non-ortho nitro benzene ring substituents is 1. The van der Waals surface area contributed by atoms with E-state index >= 15 is 0 Å². The third kappa shape index (κ3) is 2.10. The molecular weight excluding hydrogens is 220 g/mol. The van der Waals surface area contributed by atoms with E-state index in [1.807, 2.05) is 0 Å². The number of nitro groups is 1. The molecule has 1 aliphatic carbocycles. The van der Waals surface area contributed by atoms with Crippen LogP contribution in [0.2, 0.25) is 0 Å². The average molecular weight is 236 g/mol. The van der Waals surface area contributed by atoms with Gasteiger partial charge in [0.2, 0.25) is 0 Å². The Morgan fingerprint density at radius 2 is 2.06 bits per heavy atom. The van der Waals surface area contributed by atoms with Crippen molar-refractivity contribution >= 4 is 5.69 Å². The maximum Gasteiger partial charge on any atom is 0.273 e. The van der Waals surface area contributed by atoms with E-state index in [1.165, 1.54) is 19.2 Å². The Bertz CT molecular complexity index is 439. The summed E-state index contributed by atoms with van der Waals surface area (Å²) < 4.78 is 5.23. The van der Waals surface area contributed by atoms with Crippen molar-refractivity contribution in [2.24, 2.45) is 5.73 Å². The number of benzene rings is 1. The molecular formula is C12H16N2O3. The van der Waals surface area contributed by atoms with E-state index in [-0.39, 0.29) is 11.2 Å². The molecule has 0 unspecified atom stereocenters. The molecule has 2 rings (SSSR count). The SMILES string of the molecule is COc1cc([N+](=O)[O-])ccc1C1(N)CCCC1. The predicted molar refractivity (Wildman–Crippen MR) is 64.0 cm³/mol. The number of rotatable bonds is 3. The number of hydrogen-bond acceptors (Lipinski definition) is 4. The van der Waals surface area contributed by atoms with E-state index in [1.54, 1.807) is 6.07 Å². The van der Waals surface area contributed by atoms with E-state index in [0.717, 1.165) is 31.2 Å². The quantitative estimate of drug-likeness (QED) is 0.645. The van der Waals surface area contributed by atoms with Gasteiger partial charge in [-0.05, 0) is 18.9 Å². The van der Waals surface area contributed by atoms with Crippen LogP contribution in [0, 0.1) is 10.1 Å². The van der Waals surface area contributed by atoms with Crippen molar-refractivity contribution in [2.75, 3.05) is 7.11 Å². The van der Waals surface area contributed by atoms with Crippen molar-refractivity contribution in [3.63, 3.8) is 0 Å². The van der Waals surface area contributed by atoms with Gasteiger partial charge in [0.15, 0.2) is 0 Å². The number of hydrogen-bond donors (Lipinski definition) is 1. The second kappa shape index (κ2) is 4.33. The molecule has 0 atom stereocenters. The molecule has 1 aromatic carbocycles. The first-order valence-corrected chi connectivity index (χ1v) is 5.68. The molecule has 0 amide bonds. The van der Waals surface area contributed by atoms with Crippen molar-refractivity contribution in [3.05, 3.63) is 33.9 Å². The smallest absolute Gasteiger partial charge is 0.273 e. The first kappa shape index (κ1) is 11.9. The van der Waals surface area contributed by atoms with Crippen LogP contribution in [-0.4, -0.2) is 12.0 Å². The van der Waals surface area contributed by atoms with Crippen LogP contribution in [0.3, 0.4) is 0 Å². The fraction of sp³-hybridized carbons (Fsp3) is 0.500. The van der Waals surface area contributed by atoms with E-state index in [4.69, 9.17) is 10.5 Å². The van der Waals surface area contributed by atoms with E-state index in [0.29, 0.717) is 5.75 Å². The van der Waals surface area contributed by atoms with Gasteiger partial charge in [0, 0.05) is 17.2 Å². The molecule has 1 saturated carbocycles. The monoisotopic (exact) mass is 236 g/mol. The van der Waals surface area contributed by atoms with Gasteiger partial charge in [-0.15, -0.1) is 0 Å². The van der Waals surface area contributed by atoms with Crippen molar-refractivity contribution in [1.82, 2.24) is 0 Å². The van der Waals surface area contributed by atoms with Crippen LogP contribution in [0.1, 0.15) is 31.2 Å². The normalized spacial score (nSPS) is 18.0. The number of nitro benzene ring substituents is 1. The van der Waals surface area contributed by atoms with E-state index in [9.17, 15) is 10.1 Å². The van der Waals surface area contributed by atoms with Crippen LogP contribution < -0.4 is 10.5 Å². The van der Waals surface area contributed by atoms with Crippen molar-refractivity contribution < 1.29 is 9.66 Å². The molecule has 0 radical (unpaired) electrons. The van der Waals surface area contributed by atoms with Crippen LogP contribution in [0.25, 0.3) is 0 Å². The molecule has 1 aromatic rings. The van der Waals surface area contributed by atoms with Crippen molar-refractivity contribution in [2.45, 2.75) is 31.2 Å². The van der Waals surface area contributed by atoms with Gasteiger partial charge in [0.05, 0.1) is 18.1 Å². The van der Waals surface area contributed by atoms with Gasteiger partial charge >= 0.3 is 0 Å². The minimum absolute atomic E-state index is 0.0344. The fourth-order valence-corrected chi connectivity index (χ4v) is 2.48. The van der Waals surface area contributed by atoms with Crippen molar-refractivity contribution in [1.29, 1.82) is 0 Å². The van der Waals surface area contributed by atoms with Gasteiger partial charge < -0.3 is 10.5 Å². The number of ether oxygens (including phenoxy) is 1. The first-order chi connectivity index (χ1) is 8.07. The van der Waals surface area contributed by atoms with Gasteiger partial charge in [-0.25, -0.2) is 0 Å². The lowest BCUT2D eigenvalue weighted by molar-refractivity contribution is -0.384. The Morgan fingerprint density at radius 1 is 1.41 bits per heavy atom. The highest BCUT2D eigenvalue weighted by Gasteiger charge is 2.34. The second-order valence-electron chi connectivity index (χ2n) is 4.50. The Balaban J connectivity index is 2.44. The van der Waals surface area contributed by atoms with Gasteiger partial charge in [-0.2, -0.15) is 0 Å². The highest BCUT2D eigenvalue weighted by atomic mass is 16.6. The summed E-state index contributed by atoms with van der Waals surface area (Å²) in [5.41, 5.74) is 6.86. The lowest BCUT2D eigenvalue weighted by Gasteiger charge is -2.25. The molecule has 17 heavy (non-hydrogen) atoms. The van der Waals surface area contributed by atoms with Gasteiger partial charge in [-0.3, -0.25) is 10.1 Å². The highest BCUT2D eigenvalue weighted by molar-refractivity contribution is 5.47. The molecule has 0 aromatic heterocycles. The Labute approximate surface area is 99.7 Å². The molecule has 92 valence electrons. The maximum atomic E-state index is 10.7. The predicted octanol–water partition coefficient (Wildman–Crippen LogP) is 2.33. The Kier molecular flexibility index (Phi) is 3.02. The van der Waals surface area contributed by atoms with Crippen LogP contribution in [0.15, 0.2) is 18.2 Å². The Hall–Kier alpha value is -1.62. The van der Waals surface area contributed by atoms with Crippen LogP contribution >= 0.6 is 0 Å². The summed E-state index contributed by atoms with van der Waals surface area (Å²) in [5.74, 6) is 0.517. The standard InChI is InChI=1S/C12H16N2O3/c1-17-11-8-9(14(15)16)4-5-10(11)12(13)6-2-3-7-12/h4-5,8H,2-3,6-7,13H2,1H3.